The first-order valence-electron chi connectivity index (χ1n) is 4.11. The number of hydrogen-bond acceptors (Lipinski definition) is 1. The van der Waals surface area contributed by atoms with E-state index < -0.39 is 0 Å². The number of allylic oxidation sites excluding steroid dienone is 1. The van der Waals surface area contributed by atoms with Crippen LogP contribution in [0.3, 0.4) is 0 Å². The molecule has 11 heavy (non-hydrogen) atoms. The maximum atomic E-state index is 5.48. The normalized spacial score (nSPS) is 23.2. The van der Waals surface area contributed by atoms with Crippen molar-refractivity contribution in [3.8, 4) is 0 Å². The second-order valence-corrected chi connectivity index (χ2v) is 3.38. The summed E-state index contributed by atoms with van der Waals surface area (Å²) in [6.45, 7) is 7.17. The minimum absolute atomic E-state index is 0.338. The average Bonchev–Trinajstić information content (AvgIpc) is 2.31. The van der Waals surface area contributed by atoms with Crippen LogP contribution in [0.5, 0.6) is 0 Å². The zero-order valence-corrected chi connectivity index (χ0v) is 7.55. The lowest BCUT2D eigenvalue weighted by molar-refractivity contribution is 0.127. The van der Waals surface area contributed by atoms with Crippen molar-refractivity contribution in [3.05, 3.63) is 23.3 Å². The van der Waals surface area contributed by atoms with Crippen LogP contribution in [0.4, 0.5) is 0 Å². The molecule has 0 bridgehead atoms. The van der Waals surface area contributed by atoms with Gasteiger partial charge in [0.25, 0.3) is 0 Å². The summed E-state index contributed by atoms with van der Waals surface area (Å²) >= 11 is 0. The molecule has 0 aromatic carbocycles. The molecule has 1 rings (SSSR count). The van der Waals surface area contributed by atoms with Crippen molar-refractivity contribution >= 4 is 0 Å². The molecular weight excluding hydrogens is 136 g/mol. The Balaban J connectivity index is 2.35. The third-order valence-corrected chi connectivity index (χ3v) is 1.75. The third-order valence-electron chi connectivity index (χ3n) is 1.75. The van der Waals surface area contributed by atoms with E-state index in [-0.39, 0.29) is 0 Å². The lowest BCUT2D eigenvalue weighted by Gasteiger charge is -2.03. The Morgan fingerprint density at radius 2 is 2.45 bits per heavy atom. The second-order valence-electron chi connectivity index (χ2n) is 3.38. The van der Waals surface area contributed by atoms with Gasteiger partial charge in [0.1, 0.15) is 0 Å². The highest BCUT2D eigenvalue weighted by molar-refractivity contribution is 5.10. The molecule has 0 saturated heterocycles. The standard InChI is InChI=1S/C10H16O/c1-8(2)4-5-10-6-9(3)7-11-10/h4,6,10H,5,7H2,1-3H3. The van der Waals surface area contributed by atoms with Crippen molar-refractivity contribution in [1.82, 2.24) is 0 Å². The van der Waals surface area contributed by atoms with Crippen LogP contribution >= 0.6 is 0 Å². The van der Waals surface area contributed by atoms with E-state index in [4.69, 9.17) is 4.74 Å². The molecule has 1 unspecified atom stereocenters. The van der Waals surface area contributed by atoms with Gasteiger partial charge in [0, 0.05) is 0 Å². The molecule has 0 N–H and O–H groups in total. The van der Waals surface area contributed by atoms with Gasteiger partial charge >= 0.3 is 0 Å². The van der Waals surface area contributed by atoms with E-state index >= 15 is 0 Å². The molecule has 1 heterocycles. The minimum Gasteiger partial charge on any atom is -0.369 e. The van der Waals surface area contributed by atoms with Gasteiger partial charge < -0.3 is 4.74 Å². The van der Waals surface area contributed by atoms with Gasteiger partial charge in [-0.25, -0.2) is 0 Å². The SMILES string of the molecule is CC(C)=CCC1C=C(C)CO1. The first-order valence-corrected chi connectivity index (χ1v) is 4.11. The van der Waals surface area contributed by atoms with Crippen LogP contribution in [-0.4, -0.2) is 12.7 Å². The van der Waals surface area contributed by atoms with Gasteiger partial charge in [0.05, 0.1) is 12.7 Å². The van der Waals surface area contributed by atoms with Crippen LogP contribution in [0.15, 0.2) is 23.3 Å². The van der Waals surface area contributed by atoms with E-state index in [9.17, 15) is 0 Å². The predicted molar refractivity (Wildman–Crippen MR) is 47.5 cm³/mol. The Bertz CT molecular complexity index is 185. The Morgan fingerprint density at radius 1 is 1.73 bits per heavy atom. The summed E-state index contributed by atoms with van der Waals surface area (Å²) in [5.41, 5.74) is 2.73. The van der Waals surface area contributed by atoms with E-state index in [1.54, 1.807) is 0 Å². The van der Waals surface area contributed by atoms with Crippen LogP contribution in [0.1, 0.15) is 27.2 Å². The average molecular weight is 152 g/mol. The predicted octanol–water partition coefficient (Wildman–Crippen LogP) is 2.69. The van der Waals surface area contributed by atoms with Gasteiger partial charge in [-0.15, -0.1) is 0 Å². The lowest BCUT2D eigenvalue weighted by atomic mass is 10.2. The van der Waals surface area contributed by atoms with E-state index in [1.807, 2.05) is 0 Å². The Kier molecular flexibility index (Phi) is 2.89. The first-order chi connectivity index (χ1) is 5.18. The van der Waals surface area contributed by atoms with Gasteiger partial charge in [-0.05, 0) is 32.8 Å². The topological polar surface area (TPSA) is 9.23 Å². The van der Waals surface area contributed by atoms with Crippen LogP contribution in [0.2, 0.25) is 0 Å². The molecule has 0 aromatic rings. The summed E-state index contributed by atoms with van der Waals surface area (Å²) in [6.07, 6.45) is 5.80. The van der Waals surface area contributed by atoms with Crippen LogP contribution in [-0.2, 0) is 4.74 Å². The van der Waals surface area contributed by atoms with Crippen molar-refractivity contribution in [2.45, 2.75) is 33.3 Å². The molecule has 1 aliphatic heterocycles. The molecule has 62 valence electrons. The summed E-state index contributed by atoms with van der Waals surface area (Å²) in [5, 5.41) is 0. The molecule has 0 fully saturated rings. The highest BCUT2D eigenvalue weighted by Gasteiger charge is 2.10. The van der Waals surface area contributed by atoms with E-state index in [1.165, 1.54) is 11.1 Å². The molecular formula is C10H16O. The van der Waals surface area contributed by atoms with E-state index in [0.717, 1.165) is 13.0 Å². The van der Waals surface area contributed by atoms with Crippen molar-refractivity contribution in [2.24, 2.45) is 0 Å². The monoisotopic (exact) mass is 152 g/mol. The quantitative estimate of drug-likeness (QED) is 0.553. The molecule has 1 aliphatic rings. The largest absolute Gasteiger partial charge is 0.369 e. The molecule has 0 saturated carbocycles. The second kappa shape index (κ2) is 3.72. The Labute approximate surface area is 68.8 Å². The van der Waals surface area contributed by atoms with Gasteiger partial charge in [-0.3, -0.25) is 0 Å². The first kappa shape index (κ1) is 8.54. The van der Waals surface area contributed by atoms with Crippen LogP contribution in [0.25, 0.3) is 0 Å². The van der Waals surface area contributed by atoms with Crippen LogP contribution < -0.4 is 0 Å². The minimum atomic E-state index is 0.338. The van der Waals surface area contributed by atoms with Gasteiger partial charge in [-0.2, -0.15) is 0 Å². The lowest BCUT2D eigenvalue weighted by Crippen LogP contribution is -2.02. The maximum Gasteiger partial charge on any atom is 0.0798 e. The molecule has 0 spiro atoms. The fourth-order valence-corrected chi connectivity index (χ4v) is 1.14. The van der Waals surface area contributed by atoms with Crippen molar-refractivity contribution in [1.29, 1.82) is 0 Å². The summed E-state index contributed by atoms with van der Waals surface area (Å²) < 4.78 is 5.48. The van der Waals surface area contributed by atoms with Gasteiger partial charge in [0.2, 0.25) is 0 Å². The molecule has 1 atom stereocenters. The summed E-state index contributed by atoms with van der Waals surface area (Å²) in [4.78, 5) is 0. The number of ether oxygens (including phenoxy) is 1. The van der Waals surface area contributed by atoms with Gasteiger partial charge in [0.15, 0.2) is 0 Å². The summed E-state index contributed by atoms with van der Waals surface area (Å²) in [7, 11) is 0. The summed E-state index contributed by atoms with van der Waals surface area (Å²) in [5.74, 6) is 0. The third kappa shape index (κ3) is 2.89. The number of rotatable bonds is 2. The number of hydrogen-bond donors (Lipinski definition) is 0. The van der Waals surface area contributed by atoms with Crippen molar-refractivity contribution in [3.63, 3.8) is 0 Å². The fourth-order valence-electron chi connectivity index (χ4n) is 1.14. The Hall–Kier alpha value is -0.560. The fraction of sp³-hybridized carbons (Fsp3) is 0.600. The smallest absolute Gasteiger partial charge is 0.0798 e. The van der Waals surface area contributed by atoms with Gasteiger partial charge in [-0.1, -0.05) is 17.7 Å². The van der Waals surface area contributed by atoms with Crippen LogP contribution in [0, 0.1) is 0 Å². The zero-order chi connectivity index (χ0) is 8.27. The summed E-state index contributed by atoms with van der Waals surface area (Å²) in [6, 6.07) is 0. The molecule has 0 radical (unpaired) electrons. The molecule has 0 amide bonds. The van der Waals surface area contributed by atoms with Crippen molar-refractivity contribution < 1.29 is 4.74 Å². The molecule has 0 aliphatic carbocycles. The highest BCUT2D eigenvalue weighted by atomic mass is 16.5. The molecule has 1 nitrogen and oxygen atoms in total. The molecule has 0 aromatic heterocycles. The molecule has 1 heteroatoms. The highest BCUT2D eigenvalue weighted by Crippen LogP contribution is 2.14. The maximum absolute atomic E-state index is 5.48. The van der Waals surface area contributed by atoms with E-state index in [0.29, 0.717) is 6.10 Å². The Morgan fingerprint density at radius 3 is 2.91 bits per heavy atom. The zero-order valence-electron chi connectivity index (χ0n) is 7.55. The van der Waals surface area contributed by atoms with E-state index in [2.05, 4.69) is 32.9 Å². The van der Waals surface area contributed by atoms with Crippen molar-refractivity contribution in [2.75, 3.05) is 6.61 Å².